The molecule has 0 amide bonds. The Labute approximate surface area is 186 Å². The zero-order chi connectivity index (χ0) is 24.3. The second kappa shape index (κ2) is 9.53. The maximum atomic E-state index is 13.0. The van der Waals surface area contributed by atoms with Crippen LogP contribution in [0.1, 0.15) is 13.3 Å². The van der Waals surface area contributed by atoms with Crippen LogP contribution in [0, 0.1) is 11.8 Å². The first-order valence-corrected chi connectivity index (χ1v) is 10.1. The number of imidazole rings is 1. The first-order valence-electron chi connectivity index (χ1n) is 10.1. The minimum Gasteiger partial charge on any atom is -0.433 e. The molecule has 1 aliphatic rings. The van der Waals surface area contributed by atoms with Gasteiger partial charge in [0.15, 0.2) is 17.4 Å². The molecule has 2 aromatic rings. The van der Waals surface area contributed by atoms with Gasteiger partial charge in [-0.3, -0.25) is 18.5 Å². The van der Waals surface area contributed by atoms with Gasteiger partial charge in [-0.05, 0) is 13.3 Å². The molecule has 1 aliphatic heterocycles. The first kappa shape index (κ1) is 24.1. The number of hydrogen-bond acceptors (Lipinski definition) is 7. The second-order valence-electron chi connectivity index (χ2n) is 7.23. The maximum Gasteiger partial charge on any atom is 0.491 e. The number of aryl methyl sites for hydroxylation is 1. The van der Waals surface area contributed by atoms with Crippen LogP contribution in [-0.4, -0.2) is 56.7 Å². The number of nitrogens with one attached hydrogen (secondary N) is 1. The van der Waals surface area contributed by atoms with E-state index >= 15 is 0 Å². The number of nitrogens with zero attached hydrogens (tertiary/aromatic N) is 5. The van der Waals surface area contributed by atoms with Gasteiger partial charge in [-0.25, -0.2) is 9.59 Å². The zero-order valence-corrected chi connectivity index (χ0v) is 18.1. The molecule has 10 nitrogen and oxygen atoms in total. The third-order valence-electron chi connectivity index (χ3n) is 5.11. The molecule has 0 aromatic carbocycles. The molecular formula is C20H23F3N6O4. The van der Waals surface area contributed by atoms with Gasteiger partial charge in [0.2, 0.25) is 5.95 Å². The number of esters is 1. The van der Waals surface area contributed by atoms with Crippen molar-refractivity contribution in [2.75, 3.05) is 24.5 Å². The molecule has 0 radical (unpaired) electrons. The van der Waals surface area contributed by atoms with Crippen LogP contribution in [0.25, 0.3) is 11.2 Å². The summed E-state index contributed by atoms with van der Waals surface area (Å²) in [4.78, 5) is 43.1. The lowest BCUT2D eigenvalue weighted by Gasteiger charge is -2.36. The highest BCUT2D eigenvalue weighted by Gasteiger charge is 2.44. The molecule has 0 aliphatic carbocycles. The van der Waals surface area contributed by atoms with Gasteiger partial charge >= 0.3 is 17.8 Å². The third-order valence-corrected chi connectivity index (χ3v) is 5.11. The van der Waals surface area contributed by atoms with Crippen molar-refractivity contribution < 1.29 is 22.7 Å². The van der Waals surface area contributed by atoms with Crippen molar-refractivity contribution in [3.63, 3.8) is 0 Å². The number of alkyl halides is 3. The summed E-state index contributed by atoms with van der Waals surface area (Å²) in [5, 5.41) is 2.87. The van der Waals surface area contributed by atoms with E-state index < -0.39 is 29.6 Å². The molecule has 13 heteroatoms. The minimum atomic E-state index is -5.17. The number of hydrogen-bond donors (Lipinski definition) is 1. The van der Waals surface area contributed by atoms with Crippen molar-refractivity contribution in [3.05, 3.63) is 33.5 Å². The van der Waals surface area contributed by atoms with Crippen molar-refractivity contribution >= 4 is 23.1 Å². The normalized spacial score (nSPS) is 16.4. The van der Waals surface area contributed by atoms with E-state index in [4.69, 9.17) is 4.74 Å². The van der Waals surface area contributed by atoms with E-state index in [2.05, 4.69) is 28.7 Å². The summed E-state index contributed by atoms with van der Waals surface area (Å²) in [5.74, 6) is 3.26. The standard InChI is InChI=1S/C20H23F3N6O4/c1-4-6-9-28-14-15(29(10-7-5-2)19(32)26(3)16(14)30)25-18(28)27-11-8-24-12-13(27)33-17(31)20(21,22)23/h5,13,24H,2,7-12H2,1,3H3. The predicted octanol–water partition coefficient (Wildman–Crippen LogP) is 0.337. The van der Waals surface area contributed by atoms with Crippen LogP contribution in [0.5, 0.6) is 0 Å². The molecule has 1 N–H and O–H groups in total. The van der Waals surface area contributed by atoms with Gasteiger partial charge in [0.1, 0.15) is 0 Å². The van der Waals surface area contributed by atoms with Gasteiger partial charge in [-0.15, -0.1) is 12.5 Å². The molecule has 33 heavy (non-hydrogen) atoms. The largest absolute Gasteiger partial charge is 0.491 e. The number of carbonyl (C=O) groups excluding carboxylic acids is 1. The Morgan fingerprint density at radius 3 is 2.73 bits per heavy atom. The van der Waals surface area contributed by atoms with Crippen LogP contribution in [0.4, 0.5) is 19.1 Å². The van der Waals surface area contributed by atoms with Crippen molar-refractivity contribution in [3.8, 4) is 11.8 Å². The fraction of sp³-hybridized carbons (Fsp3) is 0.500. The summed E-state index contributed by atoms with van der Waals surface area (Å²) in [6.45, 7) is 5.82. The molecule has 178 valence electrons. The first-order chi connectivity index (χ1) is 15.6. The smallest absolute Gasteiger partial charge is 0.433 e. The van der Waals surface area contributed by atoms with Crippen molar-refractivity contribution in [1.82, 2.24) is 24.0 Å². The third kappa shape index (κ3) is 4.65. The molecular weight excluding hydrogens is 445 g/mol. The number of fused-ring (bicyclic) bond motifs is 1. The van der Waals surface area contributed by atoms with E-state index in [9.17, 15) is 27.6 Å². The van der Waals surface area contributed by atoms with E-state index in [1.54, 1.807) is 13.0 Å². The Balaban J connectivity index is 2.23. The molecule has 1 saturated heterocycles. The highest BCUT2D eigenvalue weighted by molar-refractivity contribution is 5.77. The molecule has 1 unspecified atom stereocenters. The van der Waals surface area contributed by atoms with E-state index in [0.717, 1.165) is 4.57 Å². The summed E-state index contributed by atoms with van der Waals surface area (Å²) in [6.07, 6.45) is -4.48. The number of halogens is 3. The van der Waals surface area contributed by atoms with Gasteiger partial charge in [0.25, 0.3) is 5.56 Å². The van der Waals surface area contributed by atoms with Crippen LogP contribution < -0.4 is 21.5 Å². The summed E-state index contributed by atoms with van der Waals surface area (Å²) in [7, 11) is 1.33. The minimum absolute atomic E-state index is 0.0128. The van der Waals surface area contributed by atoms with E-state index in [1.165, 1.54) is 21.1 Å². The number of ether oxygens (including phenoxy) is 1. The number of allylic oxidation sites excluding steroid dienone is 1. The Morgan fingerprint density at radius 2 is 2.09 bits per heavy atom. The van der Waals surface area contributed by atoms with E-state index in [0.29, 0.717) is 13.0 Å². The van der Waals surface area contributed by atoms with E-state index in [-0.39, 0.29) is 43.3 Å². The lowest BCUT2D eigenvalue weighted by atomic mass is 10.3. The van der Waals surface area contributed by atoms with Crippen LogP contribution in [0.3, 0.4) is 0 Å². The summed E-state index contributed by atoms with van der Waals surface area (Å²) < 4.78 is 46.8. The number of piperazine rings is 1. The zero-order valence-electron chi connectivity index (χ0n) is 18.1. The number of carbonyl (C=O) groups is 1. The average Bonchev–Trinajstić information content (AvgIpc) is 3.15. The molecule has 3 heterocycles. The van der Waals surface area contributed by atoms with Gasteiger partial charge in [0.05, 0.1) is 13.1 Å². The molecule has 3 rings (SSSR count). The number of anilines is 1. The summed E-state index contributed by atoms with van der Waals surface area (Å²) in [5.41, 5.74) is -1.08. The van der Waals surface area contributed by atoms with Crippen molar-refractivity contribution in [2.45, 2.75) is 38.8 Å². The Kier molecular flexibility index (Phi) is 6.97. The van der Waals surface area contributed by atoms with Gasteiger partial charge in [-0.1, -0.05) is 12.0 Å². The van der Waals surface area contributed by atoms with E-state index in [1.807, 2.05) is 0 Å². The molecule has 0 bridgehead atoms. The highest BCUT2D eigenvalue weighted by Crippen LogP contribution is 2.25. The Bertz CT molecular complexity index is 1250. The highest BCUT2D eigenvalue weighted by atomic mass is 19.4. The Morgan fingerprint density at radius 1 is 1.36 bits per heavy atom. The average molecular weight is 468 g/mol. The topological polar surface area (TPSA) is 103 Å². The molecule has 2 aromatic heterocycles. The monoisotopic (exact) mass is 468 g/mol. The van der Waals surface area contributed by atoms with Gasteiger partial charge in [-0.2, -0.15) is 18.2 Å². The van der Waals surface area contributed by atoms with Crippen LogP contribution in [-0.2, 0) is 29.7 Å². The maximum absolute atomic E-state index is 13.0. The lowest BCUT2D eigenvalue weighted by Crippen LogP contribution is -2.55. The molecule has 0 spiro atoms. The van der Waals surface area contributed by atoms with Crippen LogP contribution in [0.15, 0.2) is 22.2 Å². The molecule has 0 saturated carbocycles. The lowest BCUT2D eigenvalue weighted by molar-refractivity contribution is -0.205. The predicted molar refractivity (Wildman–Crippen MR) is 114 cm³/mol. The van der Waals surface area contributed by atoms with Crippen molar-refractivity contribution in [2.24, 2.45) is 7.05 Å². The van der Waals surface area contributed by atoms with Gasteiger partial charge < -0.3 is 15.0 Å². The van der Waals surface area contributed by atoms with Crippen LogP contribution in [0.2, 0.25) is 0 Å². The SMILES string of the molecule is C=CCCn1c(=O)n(C)c(=O)c2c1nc(N1CCNCC1OC(=O)C(F)(F)F)n2CC#CC. The fourth-order valence-corrected chi connectivity index (χ4v) is 3.50. The quantitative estimate of drug-likeness (QED) is 0.371. The fourth-order valence-electron chi connectivity index (χ4n) is 3.50. The molecule has 1 atom stereocenters. The number of aromatic nitrogens is 4. The summed E-state index contributed by atoms with van der Waals surface area (Å²) >= 11 is 0. The second-order valence-corrected chi connectivity index (χ2v) is 7.23. The summed E-state index contributed by atoms with van der Waals surface area (Å²) in [6, 6.07) is 0. The molecule has 1 fully saturated rings. The number of rotatable bonds is 6. The van der Waals surface area contributed by atoms with Gasteiger partial charge in [0, 0.05) is 26.7 Å². The van der Waals surface area contributed by atoms with Crippen molar-refractivity contribution in [1.29, 1.82) is 0 Å². The Hall–Kier alpha value is -3.53. The van der Waals surface area contributed by atoms with Crippen LogP contribution >= 0.6 is 0 Å².